The number of sulfonamides is 1. The van der Waals surface area contributed by atoms with Gasteiger partial charge in [-0.15, -0.1) is 11.3 Å². The molecule has 92 valence electrons. The Morgan fingerprint density at radius 1 is 1.62 bits per heavy atom. The Hall–Kier alpha value is 0.0500. The minimum atomic E-state index is -3.44. The van der Waals surface area contributed by atoms with Crippen molar-refractivity contribution in [2.45, 2.75) is 18.1 Å². The largest absolute Gasteiger partial charge is 0.396 e. The van der Waals surface area contributed by atoms with E-state index in [-0.39, 0.29) is 19.1 Å². The first-order valence-corrected chi connectivity index (χ1v) is 7.82. The van der Waals surface area contributed by atoms with Crippen LogP contribution in [0.15, 0.2) is 14.1 Å². The Labute approximate surface area is 108 Å². The van der Waals surface area contributed by atoms with Crippen LogP contribution < -0.4 is 4.72 Å². The molecule has 0 spiro atoms. The number of aryl methyl sites for hydroxylation is 1. The monoisotopic (exact) mass is 327 g/mol. The van der Waals surface area contributed by atoms with Gasteiger partial charge in [-0.05, 0) is 40.4 Å². The molecule has 0 aliphatic carbocycles. The summed E-state index contributed by atoms with van der Waals surface area (Å²) in [7, 11) is -3.44. The highest BCUT2D eigenvalue weighted by Crippen LogP contribution is 2.30. The molecule has 1 atom stereocenters. The first-order chi connectivity index (χ1) is 7.36. The third-order valence-corrected chi connectivity index (χ3v) is 6.07. The second kappa shape index (κ2) is 5.59. The smallest absolute Gasteiger partial charge is 0.250 e. The second-order valence-electron chi connectivity index (χ2n) is 3.66. The lowest BCUT2D eigenvalue weighted by atomic mass is 10.2. The van der Waals surface area contributed by atoms with Gasteiger partial charge in [0.2, 0.25) is 10.0 Å². The summed E-state index contributed by atoms with van der Waals surface area (Å²) in [5.74, 6) is -0.0840. The number of hydrogen-bond donors (Lipinski definition) is 2. The standard InChI is InChI=1S/C9H14BrNO3S2/c1-6(5-12)4-11-16(13,14)8-3-7(2)9(10)15-8/h3,6,11-12H,4-5H2,1-2H3. The maximum absolute atomic E-state index is 11.8. The van der Waals surface area contributed by atoms with Crippen molar-refractivity contribution in [3.63, 3.8) is 0 Å². The molecule has 0 aromatic carbocycles. The van der Waals surface area contributed by atoms with Gasteiger partial charge in [0, 0.05) is 13.2 Å². The first kappa shape index (κ1) is 14.1. The van der Waals surface area contributed by atoms with Crippen molar-refractivity contribution in [1.29, 1.82) is 0 Å². The highest BCUT2D eigenvalue weighted by atomic mass is 79.9. The molecule has 0 bridgehead atoms. The lowest BCUT2D eigenvalue weighted by molar-refractivity contribution is 0.238. The Morgan fingerprint density at radius 3 is 2.69 bits per heavy atom. The van der Waals surface area contributed by atoms with Gasteiger partial charge in [0.1, 0.15) is 4.21 Å². The van der Waals surface area contributed by atoms with Crippen LogP contribution in [0, 0.1) is 12.8 Å². The predicted molar refractivity (Wildman–Crippen MR) is 68.2 cm³/mol. The molecular formula is C9H14BrNO3S2. The van der Waals surface area contributed by atoms with Gasteiger partial charge < -0.3 is 5.11 Å². The molecular weight excluding hydrogens is 314 g/mol. The predicted octanol–water partition coefficient (Wildman–Crippen LogP) is 1.73. The van der Waals surface area contributed by atoms with E-state index in [0.717, 1.165) is 9.35 Å². The van der Waals surface area contributed by atoms with E-state index >= 15 is 0 Å². The van der Waals surface area contributed by atoms with Gasteiger partial charge in [0.15, 0.2) is 0 Å². The van der Waals surface area contributed by atoms with E-state index in [0.29, 0.717) is 4.21 Å². The van der Waals surface area contributed by atoms with Crippen molar-refractivity contribution >= 4 is 37.3 Å². The molecule has 0 saturated carbocycles. The van der Waals surface area contributed by atoms with Crippen LogP contribution in [0.3, 0.4) is 0 Å². The Morgan fingerprint density at radius 2 is 2.25 bits per heavy atom. The molecule has 0 saturated heterocycles. The number of aliphatic hydroxyl groups is 1. The van der Waals surface area contributed by atoms with E-state index in [2.05, 4.69) is 20.7 Å². The second-order valence-corrected chi connectivity index (χ2v) is 8.03. The number of aliphatic hydroxyl groups excluding tert-OH is 1. The number of rotatable bonds is 5. The number of nitrogens with one attached hydrogen (secondary N) is 1. The van der Waals surface area contributed by atoms with Gasteiger partial charge in [-0.3, -0.25) is 0 Å². The maximum atomic E-state index is 11.8. The molecule has 0 aliphatic heterocycles. The van der Waals surface area contributed by atoms with Crippen LogP contribution in [0.2, 0.25) is 0 Å². The highest BCUT2D eigenvalue weighted by molar-refractivity contribution is 9.11. The number of thiophene rings is 1. The van der Waals surface area contributed by atoms with Crippen LogP contribution in [0.25, 0.3) is 0 Å². The van der Waals surface area contributed by atoms with Crippen LogP contribution in [0.5, 0.6) is 0 Å². The van der Waals surface area contributed by atoms with Crippen LogP contribution in [-0.4, -0.2) is 26.7 Å². The van der Waals surface area contributed by atoms with Crippen LogP contribution in [0.4, 0.5) is 0 Å². The Kier molecular flexibility index (Phi) is 4.93. The summed E-state index contributed by atoms with van der Waals surface area (Å²) in [6, 6.07) is 1.63. The molecule has 7 heteroatoms. The maximum Gasteiger partial charge on any atom is 0.250 e. The summed E-state index contributed by atoms with van der Waals surface area (Å²) in [6.45, 7) is 3.83. The molecule has 16 heavy (non-hydrogen) atoms. The lowest BCUT2D eigenvalue weighted by Gasteiger charge is -2.08. The molecule has 0 radical (unpaired) electrons. The SMILES string of the molecule is Cc1cc(S(=O)(=O)NCC(C)CO)sc1Br. The zero-order valence-electron chi connectivity index (χ0n) is 9.03. The molecule has 0 amide bonds. The fourth-order valence-corrected chi connectivity index (χ4v) is 4.39. The topological polar surface area (TPSA) is 66.4 Å². The van der Waals surface area contributed by atoms with E-state index in [1.165, 1.54) is 11.3 Å². The zero-order chi connectivity index (χ0) is 12.3. The highest BCUT2D eigenvalue weighted by Gasteiger charge is 2.18. The van der Waals surface area contributed by atoms with Gasteiger partial charge in [-0.25, -0.2) is 13.1 Å². The van der Waals surface area contributed by atoms with Crippen LogP contribution in [-0.2, 0) is 10.0 Å². The molecule has 0 aliphatic rings. The number of halogens is 1. The minimum absolute atomic E-state index is 0.0321. The summed E-state index contributed by atoms with van der Waals surface area (Å²) in [5.41, 5.74) is 0.903. The summed E-state index contributed by atoms with van der Waals surface area (Å²) < 4.78 is 27.2. The zero-order valence-corrected chi connectivity index (χ0v) is 12.2. The normalized spacial score (nSPS) is 14.0. The van der Waals surface area contributed by atoms with Crippen molar-refractivity contribution in [1.82, 2.24) is 4.72 Å². The molecule has 1 heterocycles. The third kappa shape index (κ3) is 3.53. The van der Waals surface area contributed by atoms with E-state index in [4.69, 9.17) is 5.11 Å². The van der Waals surface area contributed by atoms with Crippen LogP contribution >= 0.6 is 27.3 Å². The summed E-state index contributed by atoms with van der Waals surface area (Å²) in [4.78, 5) is 0. The summed E-state index contributed by atoms with van der Waals surface area (Å²) >= 11 is 4.47. The van der Waals surface area contributed by atoms with Gasteiger partial charge in [0.05, 0.1) is 3.79 Å². The fraction of sp³-hybridized carbons (Fsp3) is 0.556. The van der Waals surface area contributed by atoms with E-state index < -0.39 is 10.0 Å². The summed E-state index contributed by atoms with van der Waals surface area (Å²) in [6.07, 6.45) is 0. The number of hydrogen-bond acceptors (Lipinski definition) is 4. The Bertz CT molecular complexity index is 436. The Balaban J connectivity index is 2.78. The molecule has 1 unspecified atom stereocenters. The van der Waals surface area contributed by atoms with Gasteiger partial charge >= 0.3 is 0 Å². The molecule has 2 N–H and O–H groups in total. The van der Waals surface area contributed by atoms with Gasteiger partial charge in [-0.2, -0.15) is 0 Å². The van der Waals surface area contributed by atoms with Crippen molar-refractivity contribution in [3.8, 4) is 0 Å². The molecule has 4 nitrogen and oxygen atoms in total. The first-order valence-electron chi connectivity index (χ1n) is 4.73. The average Bonchev–Trinajstić information content (AvgIpc) is 2.56. The fourth-order valence-electron chi connectivity index (χ4n) is 0.952. The molecule has 0 fully saturated rings. The average molecular weight is 328 g/mol. The quantitative estimate of drug-likeness (QED) is 0.865. The summed E-state index contributed by atoms with van der Waals surface area (Å²) in [5, 5.41) is 8.81. The third-order valence-electron chi connectivity index (χ3n) is 2.03. The van der Waals surface area contributed by atoms with Crippen LogP contribution in [0.1, 0.15) is 12.5 Å². The van der Waals surface area contributed by atoms with Gasteiger partial charge in [-0.1, -0.05) is 6.92 Å². The van der Waals surface area contributed by atoms with Crippen molar-refractivity contribution < 1.29 is 13.5 Å². The van der Waals surface area contributed by atoms with Gasteiger partial charge in [0.25, 0.3) is 0 Å². The van der Waals surface area contributed by atoms with Crippen molar-refractivity contribution in [2.24, 2.45) is 5.92 Å². The molecule has 1 rings (SSSR count). The van der Waals surface area contributed by atoms with E-state index in [1.807, 2.05) is 6.92 Å². The van der Waals surface area contributed by atoms with Crippen molar-refractivity contribution in [2.75, 3.05) is 13.2 Å². The van der Waals surface area contributed by atoms with Crippen molar-refractivity contribution in [3.05, 3.63) is 15.4 Å². The minimum Gasteiger partial charge on any atom is -0.396 e. The molecule has 1 aromatic heterocycles. The lowest BCUT2D eigenvalue weighted by Crippen LogP contribution is -2.29. The van der Waals surface area contributed by atoms with E-state index in [1.54, 1.807) is 13.0 Å². The van der Waals surface area contributed by atoms with E-state index in [9.17, 15) is 8.42 Å². The molecule has 1 aromatic rings.